The van der Waals surface area contributed by atoms with Gasteiger partial charge in [-0.25, -0.2) is 4.79 Å². The van der Waals surface area contributed by atoms with E-state index >= 15 is 0 Å². The summed E-state index contributed by atoms with van der Waals surface area (Å²) in [5.74, 6) is 0. The fourth-order valence-electron chi connectivity index (χ4n) is 2.05. The normalized spacial score (nSPS) is 16.4. The third-order valence-electron chi connectivity index (χ3n) is 3.04. The Morgan fingerprint density at radius 1 is 1.24 bits per heavy atom. The van der Waals surface area contributed by atoms with Gasteiger partial charge in [0.2, 0.25) is 0 Å². The SMILES string of the molecule is O=C(NCc1ccccn1)N1CCCCCC1. The number of aromatic nitrogens is 1. The molecule has 1 aromatic heterocycles. The zero-order chi connectivity index (χ0) is 11.9. The summed E-state index contributed by atoms with van der Waals surface area (Å²) in [5, 5.41) is 2.92. The first-order chi connectivity index (χ1) is 8.36. The molecule has 0 bridgehead atoms. The molecular formula is C13H19N3O. The summed E-state index contributed by atoms with van der Waals surface area (Å²) in [6.07, 6.45) is 6.47. The number of carbonyl (C=O) groups excluding carboxylic acids is 1. The highest BCUT2D eigenvalue weighted by Crippen LogP contribution is 2.09. The van der Waals surface area contributed by atoms with Crippen molar-refractivity contribution >= 4 is 6.03 Å². The second-order valence-electron chi connectivity index (χ2n) is 4.38. The molecule has 17 heavy (non-hydrogen) atoms. The molecule has 0 aliphatic carbocycles. The molecule has 4 nitrogen and oxygen atoms in total. The van der Waals surface area contributed by atoms with Crippen molar-refractivity contribution in [2.45, 2.75) is 32.2 Å². The van der Waals surface area contributed by atoms with Crippen molar-refractivity contribution < 1.29 is 4.79 Å². The number of hydrogen-bond donors (Lipinski definition) is 1. The Kier molecular flexibility index (Phi) is 4.36. The van der Waals surface area contributed by atoms with Gasteiger partial charge in [0.25, 0.3) is 0 Å². The Morgan fingerprint density at radius 3 is 2.65 bits per heavy atom. The number of pyridine rings is 1. The number of urea groups is 1. The molecule has 0 atom stereocenters. The van der Waals surface area contributed by atoms with E-state index in [-0.39, 0.29) is 6.03 Å². The maximum absolute atomic E-state index is 11.9. The van der Waals surface area contributed by atoms with Gasteiger partial charge < -0.3 is 10.2 Å². The second-order valence-corrected chi connectivity index (χ2v) is 4.38. The molecule has 0 radical (unpaired) electrons. The van der Waals surface area contributed by atoms with Crippen molar-refractivity contribution in [3.63, 3.8) is 0 Å². The monoisotopic (exact) mass is 233 g/mol. The predicted octanol–water partition coefficient (Wildman–Crippen LogP) is 2.17. The third kappa shape index (κ3) is 3.73. The van der Waals surface area contributed by atoms with Crippen LogP contribution in [-0.4, -0.2) is 29.0 Å². The van der Waals surface area contributed by atoms with Crippen LogP contribution >= 0.6 is 0 Å². The van der Waals surface area contributed by atoms with Crippen LogP contribution in [0.25, 0.3) is 0 Å². The van der Waals surface area contributed by atoms with Gasteiger partial charge in [0.15, 0.2) is 0 Å². The highest BCUT2D eigenvalue weighted by atomic mass is 16.2. The molecule has 2 amide bonds. The van der Waals surface area contributed by atoms with E-state index in [1.165, 1.54) is 12.8 Å². The summed E-state index contributed by atoms with van der Waals surface area (Å²) in [6.45, 7) is 2.28. The number of rotatable bonds is 2. The number of hydrogen-bond acceptors (Lipinski definition) is 2. The minimum atomic E-state index is 0.0394. The first kappa shape index (κ1) is 11.9. The summed E-state index contributed by atoms with van der Waals surface area (Å²) in [4.78, 5) is 18.0. The number of carbonyl (C=O) groups is 1. The third-order valence-corrected chi connectivity index (χ3v) is 3.04. The van der Waals surface area contributed by atoms with Crippen LogP contribution in [0.3, 0.4) is 0 Å². The molecule has 2 rings (SSSR count). The van der Waals surface area contributed by atoms with Gasteiger partial charge in [-0.15, -0.1) is 0 Å². The van der Waals surface area contributed by atoms with Crippen molar-refractivity contribution in [2.75, 3.05) is 13.1 Å². The van der Waals surface area contributed by atoms with Crippen molar-refractivity contribution in [3.8, 4) is 0 Å². The Hall–Kier alpha value is -1.58. The smallest absolute Gasteiger partial charge is 0.317 e. The molecule has 1 fully saturated rings. The van der Waals surface area contributed by atoms with Crippen LogP contribution in [0, 0.1) is 0 Å². The van der Waals surface area contributed by atoms with Crippen LogP contribution in [-0.2, 0) is 6.54 Å². The van der Waals surface area contributed by atoms with Crippen LogP contribution < -0.4 is 5.32 Å². The standard InChI is InChI=1S/C13H19N3O/c17-13(16-9-5-1-2-6-10-16)15-11-12-7-3-4-8-14-12/h3-4,7-8H,1-2,5-6,9-11H2,(H,15,17). The van der Waals surface area contributed by atoms with Gasteiger partial charge in [0.1, 0.15) is 0 Å². The fourth-order valence-corrected chi connectivity index (χ4v) is 2.05. The molecule has 92 valence electrons. The van der Waals surface area contributed by atoms with Gasteiger partial charge in [-0.05, 0) is 25.0 Å². The van der Waals surface area contributed by atoms with E-state index in [0.717, 1.165) is 31.6 Å². The van der Waals surface area contributed by atoms with Crippen molar-refractivity contribution in [1.82, 2.24) is 15.2 Å². The van der Waals surface area contributed by atoms with Crippen LogP contribution in [0.4, 0.5) is 4.79 Å². The molecular weight excluding hydrogens is 214 g/mol. The lowest BCUT2D eigenvalue weighted by Crippen LogP contribution is -2.40. The zero-order valence-electron chi connectivity index (χ0n) is 10.1. The molecule has 0 unspecified atom stereocenters. The predicted molar refractivity (Wildman–Crippen MR) is 66.5 cm³/mol. The molecule has 0 aromatic carbocycles. The Bertz CT molecular complexity index is 345. The number of amides is 2. The minimum Gasteiger partial charge on any atom is -0.332 e. The molecule has 1 aliphatic rings. The maximum Gasteiger partial charge on any atom is 0.317 e. The largest absolute Gasteiger partial charge is 0.332 e. The zero-order valence-corrected chi connectivity index (χ0v) is 10.1. The lowest BCUT2D eigenvalue weighted by molar-refractivity contribution is 0.199. The number of nitrogens with one attached hydrogen (secondary N) is 1. The van der Waals surface area contributed by atoms with Gasteiger partial charge in [-0.2, -0.15) is 0 Å². The Morgan fingerprint density at radius 2 is 2.00 bits per heavy atom. The van der Waals surface area contributed by atoms with E-state index in [4.69, 9.17) is 0 Å². The Labute approximate surface area is 102 Å². The van der Waals surface area contributed by atoms with E-state index in [9.17, 15) is 4.79 Å². The van der Waals surface area contributed by atoms with Crippen molar-refractivity contribution in [3.05, 3.63) is 30.1 Å². The van der Waals surface area contributed by atoms with Crippen LogP contribution in [0.1, 0.15) is 31.4 Å². The van der Waals surface area contributed by atoms with Gasteiger partial charge in [-0.3, -0.25) is 4.98 Å². The number of likely N-dealkylation sites (tertiary alicyclic amines) is 1. The van der Waals surface area contributed by atoms with E-state index in [0.29, 0.717) is 6.54 Å². The fraction of sp³-hybridized carbons (Fsp3) is 0.538. The molecule has 1 saturated heterocycles. The maximum atomic E-state index is 11.9. The number of nitrogens with zero attached hydrogens (tertiary/aromatic N) is 2. The van der Waals surface area contributed by atoms with Crippen molar-refractivity contribution in [2.24, 2.45) is 0 Å². The topological polar surface area (TPSA) is 45.2 Å². The van der Waals surface area contributed by atoms with Crippen molar-refractivity contribution in [1.29, 1.82) is 0 Å². The highest BCUT2D eigenvalue weighted by molar-refractivity contribution is 5.74. The van der Waals surface area contributed by atoms with Crippen LogP contribution in [0.15, 0.2) is 24.4 Å². The molecule has 1 aliphatic heterocycles. The first-order valence-electron chi connectivity index (χ1n) is 6.29. The second kappa shape index (κ2) is 6.23. The minimum absolute atomic E-state index is 0.0394. The molecule has 1 aromatic rings. The van der Waals surface area contributed by atoms with Crippen LogP contribution in [0.2, 0.25) is 0 Å². The summed E-state index contributed by atoms with van der Waals surface area (Å²) in [7, 11) is 0. The quantitative estimate of drug-likeness (QED) is 0.850. The van der Waals surface area contributed by atoms with E-state index in [2.05, 4.69) is 10.3 Å². The van der Waals surface area contributed by atoms with Crippen LogP contribution in [0.5, 0.6) is 0 Å². The molecule has 4 heteroatoms. The van der Waals surface area contributed by atoms with Gasteiger partial charge in [0.05, 0.1) is 12.2 Å². The average Bonchev–Trinajstić information content (AvgIpc) is 2.66. The highest BCUT2D eigenvalue weighted by Gasteiger charge is 2.14. The summed E-state index contributed by atoms with van der Waals surface area (Å²) in [6, 6.07) is 5.76. The van der Waals surface area contributed by atoms with E-state index in [1.54, 1.807) is 6.20 Å². The molecule has 0 saturated carbocycles. The molecule has 2 heterocycles. The van der Waals surface area contributed by atoms with Gasteiger partial charge >= 0.3 is 6.03 Å². The average molecular weight is 233 g/mol. The Balaban J connectivity index is 1.80. The molecule has 0 spiro atoms. The summed E-state index contributed by atoms with van der Waals surface area (Å²) < 4.78 is 0. The van der Waals surface area contributed by atoms with E-state index in [1.807, 2.05) is 23.1 Å². The van der Waals surface area contributed by atoms with Gasteiger partial charge in [0, 0.05) is 19.3 Å². The van der Waals surface area contributed by atoms with E-state index < -0.39 is 0 Å². The lowest BCUT2D eigenvalue weighted by Gasteiger charge is -2.20. The summed E-state index contributed by atoms with van der Waals surface area (Å²) in [5.41, 5.74) is 0.899. The summed E-state index contributed by atoms with van der Waals surface area (Å²) >= 11 is 0. The molecule has 1 N–H and O–H groups in total. The van der Waals surface area contributed by atoms with Gasteiger partial charge in [-0.1, -0.05) is 18.9 Å². The lowest BCUT2D eigenvalue weighted by atomic mass is 10.2. The first-order valence-corrected chi connectivity index (χ1v) is 6.29.